The molecule has 7 heteroatoms. The number of thiophene rings is 1. The Kier molecular flexibility index (Phi) is 5.39. The van der Waals surface area contributed by atoms with E-state index in [9.17, 15) is 9.18 Å². The van der Waals surface area contributed by atoms with Crippen LogP contribution >= 0.6 is 11.3 Å². The third-order valence-electron chi connectivity index (χ3n) is 4.96. The molecule has 0 aliphatic rings. The van der Waals surface area contributed by atoms with Crippen molar-refractivity contribution in [1.82, 2.24) is 19.7 Å². The number of aryl methyl sites for hydroxylation is 1. The Morgan fingerprint density at radius 3 is 2.57 bits per heavy atom. The molecule has 1 aromatic carbocycles. The molecule has 154 valence electrons. The lowest BCUT2D eigenvalue weighted by atomic mass is 10.1. The van der Waals surface area contributed by atoms with E-state index in [2.05, 4.69) is 5.10 Å². The van der Waals surface area contributed by atoms with Gasteiger partial charge in [0, 0.05) is 24.5 Å². The van der Waals surface area contributed by atoms with Crippen molar-refractivity contribution >= 4 is 28.3 Å². The molecular weight excluding hydrogens is 399 g/mol. The first kappa shape index (κ1) is 20.2. The van der Waals surface area contributed by atoms with E-state index in [-0.39, 0.29) is 17.8 Å². The van der Waals surface area contributed by atoms with Crippen molar-refractivity contribution in [2.24, 2.45) is 0 Å². The third kappa shape index (κ3) is 3.85. The molecule has 0 aliphatic heterocycles. The van der Waals surface area contributed by atoms with Crippen molar-refractivity contribution in [3.63, 3.8) is 0 Å². The fourth-order valence-electron chi connectivity index (χ4n) is 3.41. The van der Waals surface area contributed by atoms with E-state index in [1.807, 2.05) is 43.7 Å². The first-order valence-corrected chi connectivity index (χ1v) is 10.6. The normalized spacial score (nSPS) is 11.4. The fraction of sp³-hybridized carbons (Fsp3) is 0.261. The van der Waals surface area contributed by atoms with Crippen LogP contribution in [0.5, 0.6) is 0 Å². The molecule has 0 radical (unpaired) electrons. The maximum absolute atomic E-state index is 13.4. The number of pyridine rings is 1. The van der Waals surface area contributed by atoms with Crippen LogP contribution in [-0.4, -0.2) is 32.6 Å². The second kappa shape index (κ2) is 7.99. The predicted octanol–water partition coefficient (Wildman–Crippen LogP) is 5.46. The standard InChI is InChI=1S/C23H23FN4OS/c1-14(2)28-22-19(12-25-28)18(11-20(26-22)21-10-5-15(3)30-21)23(29)27(4)13-16-6-8-17(24)9-7-16/h5-12,14H,13H2,1-4H3. The quantitative estimate of drug-likeness (QED) is 0.429. The lowest BCUT2D eigenvalue weighted by Crippen LogP contribution is -2.26. The SMILES string of the molecule is Cc1ccc(-c2cc(C(=O)N(C)Cc3ccc(F)cc3)c3cnn(C(C)C)c3n2)s1. The largest absolute Gasteiger partial charge is 0.337 e. The molecule has 0 unspecified atom stereocenters. The Balaban J connectivity index is 1.78. The van der Waals surface area contributed by atoms with Crippen LogP contribution in [0.3, 0.4) is 0 Å². The molecule has 4 rings (SSSR count). The number of carbonyl (C=O) groups excluding carboxylic acids is 1. The van der Waals surface area contributed by atoms with E-state index in [0.717, 1.165) is 21.5 Å². The zero-order valence-electron chi connectivity index (χ0n) is 17.4. The van der Waals surface area contributed by atoms with Crippen LogP contribution in [0.2, 0.25) is 0 Å². The number of amides is 1. The second-order valence-electron chi connectivity index (χ2n) is 7.67. The van der Waals surface area contributed by atoms with E-state index < -0.39 is 0 Å². The minimum atomic E-state index is -0.291. The molecule has 3 aromatic heterocycles. The van der Waals surface area contributed by atoms with Crippen LogP contribution in [0.15, 0.2) is 48.7 Å². The van der Waals surface area contributed by atoms with Gasteiger partial charge >= 0.3 is 0 Å². The number of hydrogen-bond donors (Lipinski definition) is 0. The van der Waals surface area contributed by atoms with Gasteiger partial charge in [0.05, 0.1) is 27.7 Å². The van der Waals surface area contributed by atoms with Gasteiger partial charge < -0.3 is 4.90 Å². The highest BCUT2D eigenvalue weighted by Gasteiger charge is 2.21. The number of aromatic nitrogens is 3. The van der Waals surface area contributed by atoms with Crippen molar-refractivity contribution in [3.8, 4) is 10.6 Å². The maximum atomic E-state index is 13.4. The molecule has 1 amide bonds. The summed E-state index contributed by atoms with van der Waals surface area (Å²) >= 11 is 1.65. The second-order valence-corrected chi connectivity index (χ2v) is 8.96. The van der Waals surface area contributed by atoms with Crippen LogP contribution in [0, 0.1) is 12.7 Å². The van der Waals surface area contributed by atoms with Gasteiger partial charge in [-0.25, -0.2) is 14.1 Å². The number of carbonyl (C=O) groups is 1. The molecule has 5 nitrogen and oxygen atoms in total. The van der Waals surface area contributed by atoms with Crippen molar-refractivity contribution in [3.05, 3.63) is 70.5 Å². The van der Waals surface area contributed by atoms with Crippen molar-refractivity contribution in [1.29, 1.82) is 0 Å². The number of hydrogen-bond acceptors (Lipinski definition) is 4. The summed E-state index contributed by atoms with van der Waals surface area (Å²) in [5.74, 6) is -0.412. The first-order valence-electron chi connectivity index (χ1n) is 9.78. The lowest BCUT2D eigenvalue weighted by Gasteiger charge is -2.18. The van der Waals surface area contributed by atoms with E-state index in [1.54, 1.807) is 41.6 Å². The average Bonchev–Trinajstić information content (AvgIpc) is 3.34. The summed E-state index contributed by atoms with van der Waals surface area (Å²) in [4.78, 5) is 22.1. The van der Waals surface area contributed by atoms with Gasteiger partial charge in [0.2, 0.25) is 0 Å². The molecule has 0 N–H and O–H groups in total. The third-order valence-corrected chi connectivity index (χ3v) is 5.98. The summed E-state index contributed by atoms with van der Waals surface area (Å²) in [5.41, 5.74) is 2.90. The molecule has 0 aliphatic carbocycles. The van der Waals surface area contributed by atoms with Gasteiger partial charge in [0.1, 0.15) is 5.82 Å². The van der Waals surface area contributed by atoms with Crippen LogP contribution in [-0.2, 0) is 6.54 Å². The lowest BCUT2D eigenvalue weighted by molar-refractivity contribution is 0.0787. The van der Waals surface area contributed by atoms with E-state index in [4.69, 9.17) is 4.98 Å². The van der Waals surface area contributed by atoms with Crippen LogP contribution < -0.4 is 0 Å². The van der Waals surface area contributed by atoms with Gasteiger partial charge in [-0.15, -0.1) is 11.3 Å². The molecule has 0 saturated heterocycles. The minimum absolute atomic E-state index is 0.121. The molecule has 4 aromatic rings. The Labute approximate surface area is 178 Å². The van der Waals surface area contributed by atoms with Crippen molar-refractivity contribution in [2.75, 3.05) is 7.05 Å². The molecule has 0 saturated carbocycles. The topological polar surface area (TPSA) is 51.0 Å². The molecular formula is C23H23FN4OS. The molecule has 0 spiro atoms. The number of fused-ring (bicyclic) bond motifs is 1. The highest BCUT2D eigenvalue weighted by atomic mass is 32.1. The van der Waals surface area contributed by atoms with E-state index in [1.165, 1.54) is 17.0 Å². The maximum Gasteiger partial charge on any atom is 0.254 e. The fourth-order valence-corrected chi connectivity index (χ4v) is 4.24. The first-order chi connectivity index (χ1) is 14.3. The Hall–Kier alpha value is -3.06. The van der Waals surface area contributed by atoms with Gasteiger partial charge in [-0.1, -0.05) is 12.1 Å². The summed E-state index contributed by atoms with van der Waals surface area (Å²) in [6.07, 6.45) is 1.71. The summed E-state index contributed by atoms with van der Waals surface area (Å²) in [5, 5.41) is 5.21. The molecule has 0 fully saturated rings. The van der Waals surface area contributed by atoms with Gasteiger partial charge in [-0.2, -0.15) is 5.10 Å². The van der Waals surface area contributed by atoms with Gasteiger partial charge in [0.25, 0.3) is 5.91 Å². The van der Waals surface area contributed by atoms with Gasteiger partial charge in [-0.3, -0.25) is 4.79 Å². The van der Waals surface area contributed by atoms with Gasteiger partial charge in [0.15, 0.2) is 5.65 Å². The monoisotopic (exact) mass is 422 g/mol. The van der Waals surface area contributed by atoms with E-state index in [0.29, 0.717) is 17.8 Å². The molecule has 0 bridgehead atoms. The summed E-state index contributed by atoms with van der Waals surface area (Å²) in [6, 6.07) is 12.2. The zero-order valence-corrected chi connectivity index (χ0v) is 18.2. The predicted molar refractivity (Wildman–Crippen MR) is 118 cm³/mol. The summed E-state index contributed by atoms with van der Waals surface area (Å²) in [7, 11) is 1.75. The van der Waals surface area contributed by atoms with Crippen LogP contribution in [0.1, 0.15) is 40.7 Å². The highest BCUT2D eigenvalue weighted by molar-refractivity contribution is 7.15. The summed E-state index contributed by atoms with van der Waals surface area (Å²) < 4.78 is 15.0. The Morgan fingerprint density at radius 1 is 1.20 bits per heavy atom. The molecule has 0 atom stereocenters. The highest BCUT2D eigenvalue weighted by Crippen LogP contribution is 2.31. The number of halogens is 1. The number of benzene rings is 1. The number of nitrogens with zero attached hydrogens (tertiary/aromatic N) is 4. The smallest absolute Gasteiger partial charge is 0.254 e. The van der Waals surface area contributed by atoms with E-state index >= 15 is 0 Å². The van der Waals surface area contributed by atoms with Crippen molar-refractivity contribution in [2.45, 2.75) is 33.4 Å². The van der Waals surface area contributed by atoms with Gasteiger partial charge in [-0.05, 0) is 56.7 Å². The average molecular weight is 423 g/mol. The number of rotatable bonds is 5. The summed E-state index contributed by atoms with van der Waals surface area (Å²) in [6.45, 7) is 6.51. The zero-order chi connectivity index (χ0) is 21.4. The van der Waals surface area contributed by atoms with Crippen molar-refractivity contribution < 1.29 is 9.18 Å². The Morgan fingerprint density at radius 2 is 1.93 bits per heavy atom. The van der Waals surface area contributed by atoms with Crippen LogP contribution in [0.4, 0.5) is 4.39 Å². The van der Waals surface area contributed by atoms with Crippen LogP contribution in [0.25, 0.3) is 21.6 Å². The minimum Gasteiger partial charge on any atom is -0.337 e. The Bertz CT molecular complexity index is 1210. The molecule has 30 heavy (non-hydrogen) atoms. The molecule has 3 heterocycles.